The van der Waals surface area contributed by atoms with Crippen LogP contribution in [0.4, 0.5) is 21.5 Å². The molecule has 26 heavy (non-hydrogen) atoms. The van der Waals surface area contributed by atoms with Gasteiger partial charge in [-0.1, -0.05) is 29.3 Å². The number of benzene rings is 2. The highest BCUT2D eigenvalue weighted by atomic mass is 35.5. The van der Waals surface area contributed by atoms with Crippen molar-refractivity contribution in [2.24, 2.45) is 5.92 Å². The number of rotatable bonds is 3. The third kappa shape index (κ3) is 3.61. The molecule has 1 atom stereocenters. The highest BCUT2D eigenvalue weighted by molar-refractivity contribution is 6.39. The van der Waals surface area contributed by atoms with Crippen LogP contribution in [-0.4, -0.2) is 18.4 Å². The van der Waals surface area contributed by atoms with E-state index in [0.29, 0.717) is 16.9 Å². The summed E-state index contributed by atoms with van der Waals surface area (Å²) < 4.78 is 13.8. The van der Waals surface area contributed by atoms with Gasteiger partial charge in [0.05, 0.1) is 21.7 Å². The highest BCUT2D eigenvalue weighted by Crippen LogP contribution is 2.32. The highest BCUT2D eigenvalue weighted by Gasteiger charge is 2.35. The number of nitrogens with one attached hydrogen (secondary N) is 1. The first-order valence-electron chi connectivity index (χ1n) is 7.88. The molecule has 1 heterocycles. The molecule has 2 aromatic carbocycles. The lowest BCUT2D eigenvalue weighted by Gasteiger charge is -2.17. The van der Waals surface area contributed by atoms with Crippen molar-refractivity contribution >= 4 is 52.1 Å². The van der Waals surface area contributed by atoms with Gasteiger partial charge in [-0.25, -0.2) is 4.39 Å². The first kappa shape index (κ1) is 18.5. The van der Waals surface area contributed by atoms with Crippen molar-refractivity contribution in [2.75, 3.05) is 22.5 Å². The molecule has 136 valence electrons. The van der Waals surface area contributed by atoms with Gasteiger partial charge in [0, 0.05) is 24.3 Å². The zero-order chi connectivity index (χ0) is 19.0. The Hall–Kier alpha value is -2.31. The fraction of sp³-hybridized carbons (Fsp3) is 0.222. The van der Waals surface area contributed by atoms with Crippen molar-refractivity contribution in [1.29, 1.82) is 0 Å². The Morgan fingerprint density at radius 1 is 1.27 bits per heavy atom. The van der Waals surface area contributed by atoms with E-state index in [1.807, 2.05) is 0 Å². The van der Waals surface area contributed by atoms with Crippen molar-refractivity contribution in [3.05, 3.63) is 51.8 Å². The van der Waals surface area contributed by atoms with E-state index < -0.39 is 11.7 Å². The quantitative estimate of drug-likeness (QED) is 0.770. The van der Waals surface area contributed by atoms with Crippen LogP contribution in [0.25, 0.3) is 0 Å². The van der Waals surface area contributed by atoms with Gasteiger partial charge in [0.1, 0.15) is 5.82 Å². The molecule has 0 saturated carbocycles. The molecule has 1 saturated heterocycles. The van der Waals surface area contributed by atoms with Gasteiger partial charge in [0.15, 0.2) is 0 Å². The first-order valence-corrected chi connectivity index (χ1v) is 8.63. The molecular formula is C18H16Cl2FN3O2. The summed E-state index contributed by atoms with van der Waals surface area (Å²) in [5.74, 6) is -1.54. The van der Waals surface area contributed by atoms with Crippen LogP contribution in [-0.2, 0) is 9.59 Å². The van der Waals surface area contributed by atoms with Crippen LogP contribution in [0.2, 0.25) is 10.0 Å². The number of aryl methyl sites for hydroxylation is 1. The number of halogens is 3. The molecular weight excluding hydrogens is 380 g/mol. The molecule has 2 aromatic rings. The smallest absolute Gasteiger partial charge is 0.229 e. The zero-order valence-corrected chi connectivity index (χ0v) is 15.4. The lowest BCUT2D eigenvalue weighted by Crippen LogP contribution is -2.28. The van der Waals surface area contributed by atoms with Crippen molar-refractivity contribution in [1.82, 2.24) is 0 Å². The maximum atomic E-state index is 13.8. The predicted octanol–water partition coefficient (Wildman–Crippen LogP) is 4.01. The number of hydrogen-bond donors (Lipinski definition) is 2. The SMILES string of the molecule is Cc1ccc(N2C[C@@H](C(=O)Nc3cc(Cl)c(N)c(Cl)c3)CC2=O)cc1F. The van der Waals surface area contributed by atoms with E-state index >= 15 is 0 Å². The zero-order valence-electron chi connectivity index (χ0n) is 13.9. The van der Waals surface area contributed by atoms with E-state index in [1.54, 1.807) is 19.1 Å². The number of hydrogen-bond acceptors (Lipinski definition) is 3. The molecule has 0 aromatic heterocycles. The Balaban J connectivity index is 1.73. The normalized spacial score (nSPS) is 16.8. The number of amides is 2. The molecule has 0 aliphatic carbocycles. The van der Waals surface area contributed by atoms with E-state index in [-0.39, 0.29) is 40.5 Å². The number of carbonyl (C=O) groups excluding carboxylic acids is 2. The predicted molar refractivity (Wildman–Crippen MR) is 101 cm³/mol. The maximum absolute atomic E-state index is 13.8. The molecule has 1 aliphatic heterocycles. The van der Waals surface area contributed by atoms with E-state index in [1.165, 1.54) is 23.1 Å². The van der Waals surface area contributed by atoms with Crippen molar-refractivity contribution in [3.63, 3.8) is 0 Å². The molecule has 0 unspecified atom stereocenters. The molecule has 0 radical (unpaired) electrons. The fourth-order valence-electron chi connectivity index (χ4n) is 2.78. The van der Waals surface area contributed by atoms with Crippen LogP contribution < -0.4 is 16.0 Å². The van der Waals surface area contributed by atoms with Crippen LogP contribution in [0.5, 0.6) is 0 Å². The summed E-state index contributed by atoms with van der Waals surface area (Å²) in [6.07, 6.45) is 0.0394. The van der Waals surface area contributed by atoms with E-state index in [0.717, 1.165) is 0 Å². The van der Waals surface area contributed by atoms with E-state index in [2.05, 4.69) is 5.32 Å². The maximum Gasteiger partial charge on any atom is 0.229 e. The Morgan fingerprint density at radius 3 is 2.54 bits per heavy atom. The molecule has 3 N–H and O–H groups in total. The number of nitrogen functional groups attached to an aromatic ring is 1. The summed E-state index contributed by atoms with van der Waals surface area (Å²) in [6, 6.07) is 7.54. The summed E-state index contributed by atoms with van der Waals surface area (Å²) in [7, 11) is 0. The molecule has 8 heteroatoms. The molecule has 3 rings (SSSR count). The third-order valence-corrected chi connectivity index (χ3v) is 4.93. The van der Waals surface area contributed by atoms with Crippen LogP contribution in [0.15, 0.2) is 30.3 Å². The van der Waals surface area contributed by atoms with Crippen molar-refractivity contribution < 1.29 is 14.0 Å². The number of carbonyl (C=O) groups is 2. The van der Waals surface area contributed by atoms with Crippen molar-refractivity contribution in [3.8, 4) is 0 Å². The van der Waals surface area contributed by atoms with Gasteiger partial charge in [0.2, 0.25) is 11.8 Å². The summed E-state index contributed by atoms with van der Waals surface area (Å²) in [5.41, 5.74) is 7.22. The fourth-order valence-corrected chi connectivity index (χ4v) is 3.27. The largest absolute Gasteiger partial charge is 0.396 e. The Bertz CT molecular complexity index is 881. The van der Waals surface area contributed by atoms with Crippen molar-refractivity contribution in [2.45, 2.75) is 13.3 Å². The second kappa shape index (κ2) is 7.13. The summed E-state index contributed by atoms with van der Waals surface area (Å²) in [6.45, 7) is 1.81. The molecule has 5 nitrogen and oxygen atoms in total. The second-order valence-corrected chi connectivity index (χ2v) is 7.00. The molecule has 0 bridgehead atoms. The third-order valence-electron chi connectivity index (χ3n) is 4.31. The first-order chi connectivity index (χ1) is 12.3. The van der Waals surface area contributed by atoms with E-state index in [9.17, 15) is 14.0 Å². The lowest BCUT2D eigenvalue weighted by atomic mass is 10.1. The van der Waals surface area contributed by atoms with Crippen LogP contribution in [0, 0.1) is 18.7 Å². The average molecular weight is 396 g/mol. The average Bonchev–Trinajstić information content (AvgIpc) is 2.97. The van der Waals surface area contributed by atoms with Gasteiger partial charge in [-0.05, 0) is 36.8 Å². The number of nitrogens with zero attached hydrogens (tertiary/aromatic N) is 1. The molecule has 0 spiro atoms. The van der Waals surface area contributed by atoms with Gasteiger partial charge in [-0.3, -0.25) is 9.59 Å². The Morgan fingerprint density at radius 2 is 1.92 bits per heavy atom. The second-order valence-electron chi connectivity index (χ2n) is 6.18. The van der Waals surface area contributed by atoms with Crippen LogP contribution >= 0.6 is 23.2 Å². The Kier molecular flexibility index (Phi) is 5.07. The minimum absolute atomic E-state index is 0.0394. The summed E-state index contributed by atoms with van der Waals surface area (Å²) in [4.78, 5) is 26.2. The number of nitrogens with two attached hydrogens (primary N) is 1. The monoisotopic (exact) mass is 395 g/mol. The lowest BCUT2D eigenvalue weighted by molar-refractivity contribution is -0.122. The standard InChI is InChI=1S/C18H16Cl2FN3O2/c1-9-2-3-12(7-15(9)21)24-8-10(4-16(24)25)18(26)23-11-5-13(19)17(22)14(20)6-11/h2-3,5-7,10H,4,8,22H2,1H3,(H,23,26)/t10-/m0/s1. The summed E-state index contributed by atoms with van der Waals surface area (Å²) >= 11 is 11.9. The Labute approximate surface area is 159 Å². The molecule has 1 fully saturated rings. The summed E-state index contributed by atoms with van der Waals surface area (Å²) in [5, 5.41) is 3.15. The molecule has 1 aliphatic rings. The van der Waals surface area contributed by atoms with E-state index in [4.69, 9.17) is 28.9 Å². The molecule has 2 amide bonds. The van der Waals surface area contributed by atoms with Gasteiger partial charge in [-0.15, -0.1) is 0 Å². The van der Waals surface area contributed by atoms with Crippen LogP contribution in [0.3, 0.4) is 0 Å². The van der Waals surface area contributed by atoms with Gasteiger partial charge >= 0.3 is 0 Å². The minimum atomic E-state index is -0.568. The van der Waals surface area contributed by atoms with Crippen LogP contribution in [0.1, 0.15) is 12.0 Å². The minimum Gasteiger partial charge on any atom is -0.396 e. The number of anilines is 3. The van der Waals surface area contributed by atoms with Gasteiger partial charge < -0.3 is 16.0 Å². The van der Waals surface area contributed by atoms with Gasteiger partial charge in [-0.2, -0.15) is 0 Å². The topological polar surface area (TPSA) is 75.4 Å². The van der Waals surface area contributed by atoms with Gasteiger partial charge in [0.25, 0.3) is 0 Å².